The van der Waals surface area contributed by atoms with Gasteiger partial charge in [-0.3, -0.25) is 0 Å². The molecule has 0 atom stereocenters. The van der Waals surface area contributed by atoms with Gasteiger partial charge in [0, 0.05) is 0 Å². The van der Waals surface area contributed by atoms with Crippen molar-refractivity contribution in [3.05, 3.63) is 35.4 Å². The monoisotopic (exact) mass is 204 g/mol. The van der Waals surface area contributed by atoms with Gasteiger partial charge in [0.1, 0.15) is 0 Å². The summed E-state index contributed by atoms with van der Waals surface area (Å²) in [6.07, 6.45) is 0. The molecule has 0 bridgehead atoms. The summed E-state index contributed by atoms with van der Waals surface area (Å²) in [5.74, 6) is 1.28. The van der Waals surface area contributed by atoms with Crippen molar-refractivity contribution in [1.29, 1.82) is 10.8 Å². The highest BCUT2D eigenvalue weighted by Gasteiger charge is 2.07. The van der Waals surface area contributed by atoms with Crippen LogP contribution in [0.25, 0.3) is 0 Å². The zero-order valence-corrected chi connectivity index (χ0v) is 9.96. The lowest BCUT2D eigenvalue weighted by atomic mass is 9.91. The third kappa shape index (κ3) is 4.57. The first-order valence-corrected chi connectivity index (χ1v) is 5.21. The van der Waals surface area contributed by atoms with E-state index in [0.717, 1.165) is 0 Å². The van der Waals surface area contributed by atoms with E-state index in [2.05, 4.69) is 52.0 Å². The van der Waals surface area contributed by atoms with Crippen LogP contribution in [-0.2, 0) is 0 Å². The minimum atomic E-state index is 0.642. The standard InChI is InChI=1S/C12H18.CH2N2/c1-9(2)11-7-5-6-8-12(11)10(3)4;2-1-3/h5-10H,1-4H3;2-3H. The van der Waals surface area contributed by atoms with Crippen molar-refractivity contribution in [1.82, 2.24) is 0 Å². The first-order chi connectivity index (χ1) is 7.04. The van der Waals surface area contributed by atoms with Crippen molar-refractivity contribution in [2.75, 3.05) is 0 Å². The van der Waals surface area contributed by atoms with Crippen LogP contribution in [0.1, 0.15) is 50.7 Å². The quantitative estimate of drug-likeness (QED) is 0.676. The maximum atomic E-state index is 5.62. The van der Waals surface area contributed by atoms with Gasteiger partial charge in [-0.05, 0) is 23.0 Å². The average molecular weight is 204 g/mol. The second kappa shape index (κ2) is 6.97. The van der Waals surface area contributed by atoms with Crippen LogP contribution in [0.2, 0.25) is 0 Å². The van der Waals surface area contributed by atoms with Gasteiger partial charge in [0.25, 0.3) is 0 Å². The molecule has 1 aromatic rings. The van der Waals surface area contributed by atoms with E-state index < -0.39 is 0 Å². The summed E-state index contributed by atoms with van der Waals surface area (Å²) in [5, 5.41) is 11.2. The number of hydrogen-bond acceptors (Lipinski definition) is 2. The largest absolute Gasteiger partial charge is 0.242 e. The maximum absolute atomic E-state index is 5.62. The molecular formula is C13H20N2. The first kappa shape index (κ1) is 13.6. The van der Waals surface area contributed by atoms with E-state index in [0.29, 0.717) is 11.8 Å². The Morgan fingerprint density at radius 2 is 1.13 bits per heavy atom. The van der Waals surface area contributed by atoms with E-state index in [1.165, 1.54) is 17.1 Å². The Bertz CT molecular complexity index is 294. The van der Waals surface area contributed by atoms with Crippen LogP contribution in [0.4, 0.5) is 0 Å². The van der Waals surface area contributed by atoms with Gasteiger partial charge in [-0.2, -0.15) is 0 Å². The molecule has 0 saturated carbocycles. The molecule has 0 heterocycles. The Morgan fingerprint density at radius 3 is 1.33 bits per heavy atom. The van der Waals surface area contributed by atoms with Crippen molar-refractivity contribution < 1.29 is 0 Å². The van der Waals surface area contributed by atoms with E-state index in [1.54, 1.807) is 0 Å². The molecule has 15 heavy (non-hydrogen) atoms. The highest BCUT2D eigenvalue weighted by atomic mass is 14.4. The first-order valence-electron chi connectivity index (χ1n) is 5.21. The molecule has 2 N–H and O–H groups in total. The second-order valence-corrected chi connectivity index (χ2v) is 4.06. The average Bonchev–Trinajstić information content (AvgIpc) is 2.19. The molecule has 0 radical (unpaired) electrons. The summed E-state index contributed by atoms with van der Waals surface area (Å²) in [7, 11) is 0. The Balaban J connectivity index is 0.000000583. The van der Waals surface area contributed by atoms with Crippen molar-refractivity contribution in [3.63, 3.8) is 0 Å². The number of hydrogen-bond donors (Lipinski definition) is 2. The number of nitrogens with one attached hydrogen (secondary N) is 2. The van der Waals surface area contributed by atoms with Gasteiger partial charge in [0.15, 0.2) is 0 Å². The number of rotatable bonds is 2. The van der Waals surface area contributed by atoms with E-state index in [1.807, 2.05) is 0 Å². The van der Waals surface area contributed by atoms with E-state index in [9.17, 15) is 0 Å². The summed E-state index contributed by atoms with van der Waals surface area (Å²) in [6, 6.07) is 9.97. The van der Waals surface area contributed by atoms with Crippen molar-refractivity contribution in [2.45, 2.75) is 39.5 Å². The van der Waals surface area contributed by atoms with Gasteiger partial charge in [0.2, 0.25) is 0 Å². The van der Waals surface area contributed by atoms with Crippen LogP contribution in [0.3, 0.4) is 0 Å². The zero-order chi connectivity index (χ0) is 11.8. The topological polar surface area (TPSA) is 47.7 Å². The molecule has 1 rings (SSSR count). The van der Waals surface area contributed by atoms with Gasteiger partial charge < -0.3 is 0 Å². The zero-order valence-electron chi connectivity index (χ0n) is 9.96. The van der Waals surface area contributed by atoms with Crippen LogP contribution in [0, 0.1) is 10.8 Å². The molecule has 0 spiro atoms. The second-order valence-electron chi connectivity index (χ2n) is 4.06. The molecule has 1 aromatic carbocycles. The molecule has 0 aliphatic rings. The minimum absolute atomic E-state index is 0.642. The molecule has 0 aromatic heterocycles. The van der Waals surface area contributed by atoms with E-state index in [-0.39, 0.29) is 0 Å². The van der Waals surface area contributed by atoms with Gasteiger partial charge in [-0.1, -0.05) is 52.0 Å². The Labute approximate surface area is 92.4 Å². The van der Waals surface area contributed by atoms with E-state index >= 15 is 0 Å². The minimum Gasteiger partial charge on any atom is -0.242 e. The molecule has 0 aliphatic heterocycles. The van der Waals surface area contributed by atoms with E-state index in [4.69, 9.17) is 10.8 Å². The van der Waals surface area contributed by atoms with Gasteiger partial charge >= 0.3 is 0 Å². The van der Waals surface area contributed by atoms with Gasteiger partial charge in [-0.15, -0.1) is 0 Å². The predicted molar refractivity (Wildman–Crippen MR) is 65.1 cm³/mol. The Morgan fingerprint density at radius 1 is 0.867 bits per heavy atom. The molecule has 2 heteroatoms. The number of benzene rings is 1. The molecule has 0 fully saturated rings. The molecule has 82 valence electrons. The Hall–Kier alpha value is -1.40. The predicted octanol–water partition coefficient (Wildman–Crippen LogP) is 4.25. The van der Waals surface area contributed by atoms with Crippen molar-refractivity contribution in [3.8, 4) is 0 Å². The maximum Gasteiger partial charge on any atom is 0.0831 e. The fraction of sp³-hybridized carbons (Fsp3) is 0.462. The van der Waals surface area contributed by atoms with Crippen LogP contribution in [-0.4, -0.2) is 6.01 Å². The SMILES string of the molecule is CC(C)c1ccccc1C(C)C.N=C=N. The van der Waals surface area contributed by atoms with Crippen LogP contribution in [0.15, 0.2) is 24.3 Å². The molecule has 2 nitrogen and oxygen atoms in total. The van der Waals surface area contributed by atoms with Gasteiger partial charge in [0.05, 0.1) is 6.01 Å². The van der Waals surface area contributed by atoms with Crippen molar-refractivity contribution in [2.24, 2.45) is 0 Å². The highest BCUT2D eigenvalue weighted by Crippen LogP contribution is 2.25. The molecule has 0 saturated heterocycles. The summed E-state index contributed by atoms with van der Waals surface area (Å²) >= 11 is 0. The van der Waals surface area contributed by atoms with Crippen LogP contribution >= 0.6 is 0 Å². The van der Waals surface area contributed by atoms with Gasteiger partial charge in [-0.25, -0.2) is 10.8 Å². The summed E-state index contributed by atoms with van der Waals surface area (Å²) in [4.78, 5) is 0. The normalized spacial score (nSPS) is 9.47. The fourth-order valence-corrected chi connectivity index (χ4v) is 1.56. The molecule has 0 aliphatic carbocycles. The summed E-state index contributed by atoms with van der Waals surface area (Å²) in [6.45, 7) is 9.00. The van der Waals surface area contributed by atoms with Crippen LogP contribution in [0.5, 0.6) is 0 Å². The summed E-state index contributed by atoms with van der Waals surface area (Å²) in [5.41, 5.74) is 2.99. The lowest BCUT2D eigenvalue weighted by Crippen LogP contribution is -1.97. The third-order valence-electron chi connectivity index (χ3n) is 2.24. The third-order valence-corrected chi connectivity index (χ3v) is 2.24. The lowest BCUT2D eigenvalue weighted by molar-refractivity contribution is 0.790. The fourth-order valence-electron chi connectivity index (χ4n) is 1.56. The molecule has 0 unspecified atom stereocenters. The highest BCUT2D eigenvalue weighted by molar-refractivity contribution is 5.31. The lowest BCUT2D eigenvalue weighted by Gasteiger charge is -2.14. The smallest absolute Gasteiger partial charge is 0.0831 e. The molecule has 0 amide bonds. The van der Waals surface area contributed by atoms with Crippen LogP contribution < -0.4 is 0 Å². The Kier molecular flexibility index (Phi) is 6.32. The summed E-state index contributed by atoms with van der Waals surface area (Å²) < 4.78 is 0. The van der Waals surface area contributed by atoms with Crippen molar-refractivity contribution >= 4 is 6.01 Å². The molecular weight excluding hydrogens is 184 g/mol.